The number of carbonyl (C=O) groups is 1. The van der Waals surface area contributed by atoms with Gasteiger partial charge in [0, 0.05) is 0 Å². The molecule has 2 N–H and O–H groups in total. The normalized spacial score (nSPS) is 13.3. The maximum absolute atomic E-state index is 10.7. The quantitative estimate of drug-likeness (QED) is 0.838. The summed E-state index contributed by atoms with van der Waals surface area (Å²) in [6, 6.07) is 8.63. The summed E-state index contributed by atoms with van der Waals surface area (Å²) in [5, 5.41) is 0. The van der Waals surface area contributed by atoms with Crippen molar-refractivity contribution in [3.8, 4) is 0 Å². The van der Waals surface area contributed by atoms with E-state index in [1.54, 1.807) is 30.3 Å². The van der Waals surface area contributed by atoms with Crippen LogP contribution in [0.1, 0.15) is 11.7 Å². The van der Waals surface area contributed by atoms with Crippen molar-refractivity contribution in [2.24, 2.45) is 5.73 Å². The molecule has 0 aliphatic carbocycles. The first-order chi connectivity index (χ1) is 6.91. The zero-order valence-electron chi connectivity index (χ0n) is 7.49. The van der Waals surface area contributed by atoms with Crippen LogP contribution in [0.4, 0.5) is 4.79 Å². The summed E-state index contributed by atoms with van der Waals surface area (Å²) in [5.41, 5.74) is 5.46. The fraction of sp³-hybridized carbons (Fsp3) is 0.222. The Morgan fingerprint density at radius 2 is 1.80 bits per heavy atom. The zero-order valence-corrected chi connectivity index (χ0v) is 9.76. The molecule has 1 aromatic rings. The molecular weight excluding hydrogens is 260 g/mol. The van der Waals surface area contributed by atoms with E-state index in [1.807, 2.05) is 0 Å². The Hall–Kier alpha value is -0.640. The van der Waals surface area contributed by atoms with Gasteiger partial charge in [0.2, 0.25) is 3.79 Å². The first kappa shape index (κ1) is 12.4. The van der Waals surface area contributed by atoms with Crippen LogP contribution in [0.5, 0.6) is 0 Å². The smallest absolute Gasteiger partial charge is 0.405 e. The highest BCUT2D eigenvalue weighted by Gasteiger charge is 2.36. The molecule has 1 amide bonds. The van der Waals surface area contributed by atoms with Gasteiger partial charge in [-0.2, -0.15) is 0 Å². The summed E-state index contributed by atoms with van der Waals surface area (Å²) < 4.78 is 2.99. The molecule has 3 nitrogen and oxygen atoms in total. The average Bonchev–Trinajstić information content (AvgIpc) is 2.14. The minimum absolute atomic E-state index is 0.566. The summed E-state index contributed by atoms with van der Waals surface area (Å²) in [7, 11) is 0. The van der Waals surface area contributed by atoms with Crippen molar-refractivity contribution in [1.82, 2.24) is 0 Å². The SMILES string of the molecule is NC(=O)OC(c1ccccc1)C(Cl)(Cl)Cl. The maximum Gasteiger partial charge on any atom is 0.405 e. The molecule has 0 aliphatic rings. The predicted octanol–water partition coefficient (Wildman–Crippen LogP) is 3.19. The van der Waals surface area contributed by atoms with Crippen LogP contribution in [0.2, 0.25) is 0 Å². The lowest BCUT2D eigenvalue weighted by atomic mass is 10.1. The molecule has 0 saturated heterocycles. The van der Waals surface area contributed by atoms with Gasteiger partial charge >= 0.3 is 6.09 Å². The van der Waals surface area contributed by atoms with Crippen molar-refractivity contribution in [3.05, 3.63) is 35.9 Å². The second-order valence-electron chi connectivity index (χ2n) is 2.77. The van der Waals surface area contributed by atoms with Crippen molar-refractivity contribution in [3.63, 3.8) is 0 Å². The molecule has 1 unspecified atom stereocenters. The lowest BCUT2D eigenvalue weighted by Crippen LogP contribution is -2.26. The molecule has 1 rings (SSSR count). The maximum atomic E-state index is 10.7. The fourth-order valence-electron chi connectivity index (χ4n) is 1.07. The van der Waals surface area contributed by atoms with Crippen molar-refractivity contribution in [1.29, 1.82) is 0 Å². The zero-order chi connectivity index (χ0) is 11.5. The number of benzene rings is 1. The molecule has 1 aromatic carbocycles. The molecule has 0 bridgehead atoms. The van der Waals surface area contributed by atoms with Gasteiger partial charge in [-0.25, -0.2) is 4.79 Å². The van der Waals surface area contributed by atoms with Gasteiger partial charge in [-0.1, -0.05) is 65.1 Å². The molecule has 1 atom stereocenters. The standard InChI is InChI=1S/C9H8Cl3NO2/c10-9(11,12)7(15-8(13)14)6-4-2-1-3-5-6/h1-5,7H,(H2,13,14). The van der Waals surface area contributed by atoms with Crippen molar-refractivity contribution in [2.45, 2.75) is 9.90 Å². The van der Waals surface area contributed by atoms with E-state index in [9.17, 15) is 4.79 Å². The third kappa shape index (κ3) is 3.78. The molecule has 0 fully saturated rings. The molecule has 0 heterocycles. The fourth-order valence-corrected chi connectivity index (χ4v) is 1.58. The Kier molecular flexibility index (Phi) is 4.08. The van der Waals surface area contributed by atoms with Crippen LogP contribution in [-0.2, 0) is 4.74 Å². The first-order valence-corrected chi connectivity index (χ1v) is 5.12. The molecular formula is C9H8Cl3NO2. The third-order valence-corrected chi connectivity index (χ3v) is 2.23. The van der Waals surface area contributed by atoms with Crippen molar-refractivity contribution < 1.29 is 9.53 Å². The summed E-state index contributed by atoms with van der Waals surface area (Å²) >= 11 is 17.0. The van der Waals surface area contributed by atoms with E-state index in [2.05, 4.69) is 0 Å². The Bertz CT molecular complexity index is 337. The van der Waals surface area contributed by atoms with E-state index in [4.69, 9.17) is 45.3 Å². The number of rotatable bonds is 2. The first-order valence-electron chi connectivity index (χ1n) is 3.99. The highest BCUT2D eigenvalue weighted by molar-refractivity contribution is 6.68. The van der Waals surface area contributed by atoms with E-state index in [-0.39, 0.29) is 0 Å². The Balaban J connectivity index is 2.97. The highest BCUT2D eigenvalue weighted by Crippen LogP contribution is 2.42. The third-order valence-electron chi connectivity index (χ3n) is 1.63. The summed E-state index contributed by atoms with van der Waals surface area (Å²) in [6.07, 6.45) is -2.00. The number of halogens is 3. The second-order valence-corrected chi connectivity index (χ2v) is 5.14. The number of alkyl halides is 3. The molecule has 0 spiro atoms. The van der Waals surface area contributed by atoms with E-state index in [1.165, 1.54) is 0 Å². The Labute approximate surface area is 102 Å². The monoisotopic (exact) mass is 267 g/mol. The van der Waals surface area contributed by atoms with Crippen LogP contribution in [-0.4, -0.2) is 9.89 Å². The number of carbonyl (C=O) groups excluding carboxylic acids is 1. The lowest BCUT2D eigenvalue weighted by molar-refractivity contribution is 0.108. The number of ether oxygens (including phenoxy) is 1. The van der Waals surface area contributed by atoms with Gasteiger partial charge in [0.25, 0.3) is 0 Å². The van der Waals surface area contributed by atoms with Gasteiger partial charge in [0.15, 0.2) is 6.10 Å². The van der Waals surface area contributed by atoms with Gasteiger partial charge in [-0.05, 0) is 5.56 Å². The largest absolute Gasteiger partial charge is 0.437 e. The molecule has 0 aromatic heterocycles. The summed E-state index contributed by atoms with van der Waals surface area (Å²) in [4.78, 5) is 10.7. The summed E-state index contributed by atoms with van der Waals surface area (Å²) in [6.45, 7) is 0. The lowest BCUT2D eigenvalue weighted by Gasteiger charge is -2.23. The van der Waals surface area contributed by atoms with Crippen molar-refractivity contribution >= 4 is 40.9 Å². The van der Waals surface area contributed by atoms with E-state index in [0.29, 0.717) is 5.56 Å². The van der Waals surface area contributed by atoms with E-state index in [0.717, 1.165) is 0 Å². The van der Waals surface area contributed by atoms with Crippen LogP contribution in [0.25, 0.3) is 0 Å². The minimum Gasteiger partial charge on any atom is -0.437 e. The number of hydrogen-bond donors (Lipinski definition) is 1. The van der Waals surface area contributed by atoms with E-state index < -0.39 is 16.0 Å². The highest BCUT2D eigenvalue weighted by atomic mass is 35.6. The van der Waals surface area contributed by atoms with Crippen LogP contribution in [0.15, 0.2) is 30.3 Å². The average molecular weight is 269 g/mol. The molecule has 0 aliphatic heterocycles. The van der Waals surface area contributed by atoms with Gasteiger partial charge in [0.1, 0.15) is 0 Å². The molecule has 82 valence electrons. The second kappa shape index (κ2) is 4.92. The number of nitrogens with two attached hydrogens (primary N) is 1. The van der Waals surface area contributed by atoms with Crippen LogP contribution in [0.3, 0.4) is 0 Å². The topological polar surface area (TPSA) is 52.3 Å². The predicted molar refractivity (Wildman–Crippen MR) is 60.1 cm³/mol. The molecule has 0 saturated carbocycles. The van der Waals surface area contributed by atoms with Crippen LogP contribution < -0.4 is 5.73 Å². The Morgan fingerprint density at radius 1 is 1.27 bits per heavy atom. The van der Waals surface area contributed by atoms with Gasteiger partial charge < -0.3 is 10.5 Å². The van der Waals surface area contributed by atoms with E-state index >= 15 is 0 Å². The van der Waals surface area contributed by atoms with Gasteiger partial charge in [-0.3, -0.25) is 0 Å². The molecule has 0 radical (unpaired) electrons. The van der Waals surface area contributed by atoms with Gasteiger partial charge in [0.05, 0.1) is 0 Å². The van der Waals surface area contributed by atoms with Crippen LogP contribution in [0, 0.1) is 0 Å². The van der Waals surface area contributed by atoms with Crippen molar-refractivity contribution in [2.75, 3.05) is 0 Å². The van der Waals surface area contributed by atoms with Gasteiger partial charge in [-0.15, -0.1) is 0 Å². The summed E-state index contributed by atoms with van der Waals surface area (Å²) in [5.74, 6) is 0. The van der Waals surface area contributed by atoms with Crippen LogP contribution >= 0.6 is 34.8 Å². The number of primary amides is 1. The molecule has 6 heteroatoms. The number of amides is 1. The number of hydrogen-bond acceptors (Lipinski definition) is 2. The molecule has 15 heavy (non-hydrogen) atoms. The Morgan fingerprint density at radius 3 is 2.20 bits per heavy atom. The minimum atomic E-state index is -1.75.